The van der Waals surface area contributed by atoms with E-state index >= 15 is 0 Å². The summed E-state index contributed by atoms with van der Waals surface area (Å²) in [5, 5.41) is 21.1. The summed E-state index contributed by atoms with van der Waals surface area (Å²) in [7, 11) is 1.86. The van der Waals surface area contributed by atoms with Gasteiger partial charge in [0, 0.05) is 25.3 Å². The van der Waals surface area contributed by atoms with E-state index in [-0.39, 0.29) is 11.4 Å². The largest absolute Gasteiger partial charge is 0.393 e. The highest BCUT2D eigenvalue weighted by atomic mass is 16.6. The molecule has 0 aromatic heterocycles. The van der Waals surface area contributed by atoms with Gasteiger partial charge in [0.05, 0.1) is 10.5 Å². The Balaban J connectivity index is 2.13. The van der Waals surface area contributed by atoms with Crippen LogP contribution < -0.4 is 10.6 Å². The molecule has 0 amide bonds. The van der Waals surface area contributed by atoms with Gasteiger partial charge in [-0.05, 0) is 25.0 Å². The zero-order valence-electron chi connectivity index (χ0n) is 11.0. The SMILES string of the molecule is CN(CC1(O)CCCC1)c1ccc([N+](=O)[O-])c(N)c1. The highest BCUT2D eigenvalue weighted by Gasteiger charge is 2.32. The molecule has 0 bridgehead atoms. The van der Waals surface area contributed by atoms with Crippen LogP contribution in [0.1, 0.15) is 25.7 Å². The average molecular weight is 265 g/mol. The highest BCUT2D eigenvalue weighted by molar-refractivity contribution is 5.66. The molecule has 1 fully saturated rings. The van der Waals surface area contributed by atoms with Crippen molar-refractivity contribution < 1.29 is 10.0 Å². The molecule has 19 heavy (non-hydrogen) atoms. The molecule has 0 heterocycles. The van der Waals surface area contributed by atoms with E-state index in [0.29, 0.717) is 6.54 Å². The van der Waals surface area contributed by atoms with Crippen LogP contribution >= 0.6 is 0 Å². The zero-order chi connectivity index (χ0) is 14.0. The predicted octanol–water partition coefficient (Wildman–Crippen LogP) is 1.92. The van der Waals surface area contributed by atoms with Crippen LogP contribution in [0.2, 0.25) is 0 Å². The van der Waals surface area contributed by atoms with E-state index in [1.54, 1.807) is 12.1 Å². The lowest BCUT2D eigenvalue weighted by Crippen LogP contribution is -2.39. The fourth-order valence-corrected chi connectivity index (χ4v) is 2.67. The van der Waals surface area contributed by atoms with Crippen molar-refractivity contribution in [3.05, 3.63) is 28.3 Å². The van der Waals surface area contributed by atoms with Gasteiger partial charge in [-0.2, -0.15) is 0 Å². The van der Waals surface area contributed by atoms with Gasteiger partial charge in [-0.15, -0.1) is 0 Å². The van der Waals surface area contributed by atoms with Crippen molar-refractivity contribution in [1.82, 2.24) is 0 Å². The fraction of sp³-hybridized carbons (Fsp3) is 0.538. The summed E-state index contributed by atoms with van der Waals surface area (Å²) in [5.41, 5.74) is 5.86. The number of nitro groups is 1. The van der Waals surface area contributed by atoms with Crippen molar-refractivity contribution >= 4 is 17.1 Å². The van der Waals surface area contributed by atoms with Crippen molar-refractivity contribution in [2.45, 2.75) is 31.3 Å². The molecule has 1 aliphatic carbocycles. The molecule has 3 N–H and O–H groups in total. The van der Waals surface area contributed by atoms with Gasteiger partial charge in [0.1, 0.15) is 5.69 Å². The molecule has 0 unspecified atom stereocenters. The Bertz CT molecular complexity index is 484. The van der Waals surface area contributed by atoms with Crippen molar-refractivity contribution in [1.29, 1.82) is 0 Å². The van der Waals surface area contributed by atoms with E-state index in [0.717, 1.165) is 31.4 Å². The number of aliphatic hydroxyl groups is 1. The molecule has 1 aromatic rings. The quantitative estimate of drug-likeness (QED) is 0.493. The van der Waals surface area contributed by atoms with Crippen LogP contribution in [0.25, 0.3) is 0 Å². The molecule has 0 saturated heterocycles. The van der Waals surface area contributed by atoms with Crippen LogP contribution in [-0.2, 0) is 0 Å². The first kappa shape index (κ1) is 13.6. The molecule has 1 aromatic carbocycles. The lowest BCUT2D eigenvalue weighted by molar-refractivity contribution is -0.383. The van der Waals surface area contributed by atoms with E-state index in [1.807, 2.05) is 11.9 Å². The molecule has 0 aliphatic heterocycles. The summed E-state index contributed by atoms with van der Waals surface area (Å²) < 4.78 is 0. The third-order valence-electron chi connectivity index (χ3n) is 3.71. The van der Waals surface area contributed by atoms with Gasteiger partial charge in [-0.25, -0.2) is 0 Å². The third-order valence-corrected chi connectivity index (χ3v) is 3.71. The Labute approximate surface area is 112 Å². The van der Waals surface area contributed by atoms with Crippen LogP contribution in [0, 0.1) is 10.1 Å². The number of anilines is 2. The Morgan fingerprint density at radius 3 is 2.63 bits per heavy atom. The second-order valence-corrected chi connectivity index (χ2v) is 5.29. The van der Waals surface area contributed by atoms with E-state index < -0.39 is 10.5 Å². The first-order valence-electron chi connectivity index (χ1n) is 6.39. The minimum atomic E-state index is -0.648. The maximum Gasteiger partial charge on any atom is 0.292 e. The summed E-state index contributed by atoms with van der Waals surface area (Å²) in [6, 6.07) is 4.64. The molecule has 6 nitrogen and oxygen atoms in total. The molecule has 104 valence electrons. The first-order chi connectivity index (χ1) is 8.91. The first-order valence-corrected chi connectivity index (χ1v) is 6.39. The number of nitrogens with two attached hydrogens (primary N) is 1. The van der Waals surface area contributed by atoms with Gasteiger partial charge in [-0.1, -0.05) is 12.8 Å². The summed E-state index contributed by atoms with van der Waals surface area (Å²) >= 11 is 0. The minimum absolute atomic E-state index is 0.0864. The summed E-state index contributed by atoms with van der Waals surface area (Å²) in [6.45, 7) is 0.518. The predicted molar refractivity (Wildman–Crippen MR) is 74.2 cm³/mol. The summed E-state index contributed by atoms with van der Waals surface area (Å²) in [5.74, 6) is 0. The smallest absolute Gasteiger partial charge is 0.292 e. The van der Waals surface area contributed by atoms with Gasteiger partial charge >= 0.3 is 0 Å². The van der Waals surface area contributed by atoms with Crippen molar-refractivity contribution in [2.75, 3.05) is 24.2 Å². The second kappa shape index (κ2) is 5.05. The van der Waals surface area contributed by atoms with Crippen molar-refractivity contribution in [2.24, 2.45) is 0 Å². The maximum absolute atomic E-state index is 10.7. The van der Waals surface area contributed by atoms with Crippen LogP contribution in [0.4, 0.5) is 17.1 Å². The monoisotopic (exact) mass is 265 g/mol. The fourth-order valence-electron chi connectivity index (χ4n) is 2.67. The van der Waals surface area contributed by atoms with Crippen molar-refractivity contribution in [3.63, 3.8) is 0 Å². The number of benzene rings is 1. The number of nitrogen functional groups attached to an aromatic ring is 1. The molecular weight excluding hydrogens is 246 g/mol. The molecular formula is C13H19N3O3. The number of hydrogen-bond donors (Lipinski definition) is 2. The Hall–Kier alpha value is -1.82. The molecule has 0 radical (unpaired) electrons. The highest BCUT2D eigenvalue weighted by Crippen LogP contribution is 2.32. The van der Waals surface area contributed by atoms with Gasteiger partial charge in [0.25, 0.3) is 5.69 Å². The Morgan fingerprint density at radius 2 is 2.11 bits per heavy atom. The molecule has 0 spiro atoms. The van der Waals surface area contributed by atoms with E-state index in [1.165, 1.54) is 6.07 Å². The normalized spacial score (nSPS) is 17.4. The van der Waals surface area contributed by atoms with E-state index in [4.69, 9.17) is 5.73 Å². The van der Waals surface area contributed by atoms with Crippen LogP contribution in [0.3, 0.4) is 0 Å². The summed E-state index contributed by atoms with van der Waals surface area (Å²) in [6.07, 6.45) is 3.71. The van der Waals surface area contributed by atoms with E-state index in [9.17, 15) is 15.2 Å². The number of hydrogen-bond acceptors (Lipinski definition) is 5. The minimum Gasteiger partial charge on any atom is -0.393 e. The second-order valence-electron chi connectivity index (χ2n) is 5.29. The van der Waals surface area contributed by atoms with Crippen LogP contribution in [0.5, 0.6) is 0 Å². The molecule has 0 atom stereocenters. The van der Waals surface area contributed by atoms with Gasteiger partial charge in [0.15, 0.2) is 0 Å². The molecule has 6 heteroatoms. The lowest BCUT2D eigenvalue weighted by Gasteiger charge is -2.30. The summed E-state index contributed by atoms with van der Waals surface area (Å²) in [4.78, 5) is 12.1. The molecule has 2 rings (SSSR count). The number of likely N-dealkylation sites (N-methyl/N-ethyl adjacent to an activating group) is 1. The standard InChI is InChI=1S/C13H19N3O3/c1-15(9-13(17)6-2-3-7-13)10-4-5-12(16(18)19)11(14)8-10/h4-5,8,17H,2-3,6-7,9,14H2,1H3. The zero-order valence-corrected chi connectivity index (χ0v) is 11.0. The lowest BCUT2D eigenvalue weighted by atomic mass is 10.0. The maximum atomic E-state index is 10.7. The number of nitrogens with zero attached hydrogens (tertiary/aromatic N) is 2. The number of nitro benzene ring substituents is 1. The van der Waals surface area contributed by atoms with Gasteiger partial charge in [-0.3, -0.25) is 10.1 Å². The van der Waals surface area contributed by atoms with Crippen molar-refractivity contribution in [3.8, 4) is 0 Å². The van der Waals surface area contributed by atoms with Crippen LogP contribution in [0.15, 0.2) is 18.2 Å². The molecule has 1 aliphatic rings. The van der Waals surface area contributed by atoms with Crippen LogP contribution in [-0.4, -0.2) is 29.2 Å². The van der Waals surface area contributed by atoms with E-state index in [2.05, 4.69) is 0 Å². The Morgan fingerprint density at radius 1 is 1.47 bits per heavy atom. The Kier molecular flexibility index (Phi) is 3.61. The van der Waals surface area contributed by atoms with Gasteiger partial charge < -0.3 is 15.7 Å². The van der Waals surface area contributed by atoms with Gasteiger partial charge in [0.2, 0.25) is 0 Å². The molecule has 1 saturated carbocycles. The average Bonchev–Trinajstić information content (AvgIpc) is 2.75. The number of rotatable bonds is 4. The third kappa shape index (κ3) is 2.96. The topological polar surface area (TPSA) is 92.6 Å².